The molecule has 1 N–H and O–H groups in total. The van der Waals surface area contributed by atoms with Gasteiger partial charge in [0.1, 0.15) is 6.07 Å². The number of rotatable bonds is 2. The van der Waals surface area contributed by atoms with E-state index >= 15 is 0 Å². The number of anilines is 1. The molecule has 1 aliphatic heterocycles. The van der Waals surface area contributed by atoms with E-state index in [2.05, 4.69) is 9.97 Å². The molecule has 1 fully saturated rings. The molecule has 1 unspecified atom stereocenters. The van der Waals surface area contributed by atoms with Gasteiger partial charge in [0.25, 0.3) is 11.5 Å². The molecule has 3 rings (SSSR count). The van der Waals surface area contributed by atoms with E-state index < -0.39 is 23.7 Å². The van der Waals surface area contributed by atoms with Crippen molar-refractivity contribution in [3.05, 3.63) is 56.2 Å². The molecule has 0 radical (unpaired) electrons. The average molecular weight is 365 g/mol. The number of carbonyl (C=O) groups excluding carboxylic acids is 2. The van der Waals surface area contributed by atoms with E-state index in [-0.39, 0.29) is 27.0 Å². The molecule has 120 valence electrons. The van der Waals surface area contributed by atoms with Crippen molar-refractivity contribution < 1.29 is 14.3 Å². The summed E-state index contributed by atoms with van der Waals surface area (Å²) in [6.07, 6.45) is 0.0134. The van der Waals surface area contributed by atoms with E-state index in [1.807, 2.05) is 6.07 Å². The van der Waals surface area contributed by atoms with Gasteiger partial charge in [0.05, 0.1) is 21.3 Å². The SMILES string of the molecule is N#Cc1cc(Cl)c(N2C(=O)OC(c3ncc[nH]c3=O)C2=O)cc1Cl. The Morgan fingerprint density at radius 2 is 2.00 bits per heavy atom. The van der Waals surface area contributed by atoms with Gasteiger partial charge >= 0.3 is 6.09 Å². The van der Waals surface area contributed by atoms with Gasteiger partial charge in [-0.05, 0) is 12.1 Å². The second-order valence-electron chi connectivity index (χ2n) is 4.64. The lowest BCUT2D eigenvalue weighted by Crippen LogP contribution is -2.31. The first kappa shape index (κ1) is 16.0. The minimum atomic E-state index is -1.49. The van der Waals surface area contributed by atoms with Crippen LogP contribution in [0.2, 0.25) is 10.0 Å². The minimum absolute atomic E-state index is 0.0108. The lowest BCUT2D eigenvalue weighted by Gasteiger charge is -2.13. The van der Waals surface area contributed by atoms with Crippen LogP contribution in [0.25, 0.3) is 0 Å². The Labute approximate surface area is 144 Å². The number of carbonyl (C=O) groups is 2. The summed E-state index contributed by atoms with van der Waals surface area (Å²) in [5, 5.41) is 8.88. The fourth-order valence-electron chi connectivity index (χ4n) is 2.14. The second kappa shape index (κ2) is 5.96. The number of H-pyrrole nitrogens is 1. The van der Waals surface area contributed by atoms with Crippen LogP contribution in [0.15, 0.2) is 29.3 Å². The van der Waals surface area contributed by atoms with Crippen molar-refractivity contribution in [2.75, 3.05) is 4.90 Å². The summed E-state index contributed by atoms with van der Waals surface area (Å²) >= 11 is 11.9. The third-order valence-corrected chi connectivity index (χ3v) is 3.84. The molecule has 2 heterocycles. The maximum atomic E-state index is 12.5. The molecule has 1 aromatic heterocycles. The number of imide groups is 1. The number of cyclic esters (lactones) is 1. The number of amides is 2. The Hall–Kier alpha value is -2.89. The summed E-state index contributed by atoms with van der Waals surface area (Å²) in [5.41, 5.74) is -0.877. The van der Waals surface area contributed by atoms with Gasteiger partial charge in [0.2, 0.25) is 6.10 Å². The van der Waals surface area contributed by atoms with Crippen molar-refractivity contribution in [1.29, 1.82) is 5.26 Å². The van der Waals surface area contributed by atoms with Crippen molar-refractivity contribution in [3.63, 3.8) is 0 Å². The zero-order chi connectivity index (χ0) is 17.4. The molecule has 2 amide bonds. The van der Waals surface area contributed by atoms with Crippen LogP contribution >= 0.6 is 23.2 Å². The van der Waals surface area contributed by atoms with Gasteiger partial charge in [-0.3, -0.25) is 9.59 Å². The molecular weight excluding hydrogens is 359 g/mol. The van der Waals surface area contributed by atoms with Crippen molar-refractivity contribution in [3.8, 4) is 6.07 Å². The monoisotopic (exact) mass is 364 g/mol. The highest BCUT2D eigenvalue weighted by atomic mass is 35.5. The van der Waals surface area contributed by atoms with Gasteiger partial charge in [-0.2, -0.15) is 5.26 Å². The predicted octanol–water partition coefficient (Wildman–Crippen LogP) is 2.17. The summed E-state index contributed by atoms with van der Waals surface area (Å²) in [7, 11) is 0. The first-order chi connectivity index (χ1) is 11.4. The number of nitrogens with one attached hydrogen (secondary N) is 1. The number of nitrogens with zero attached hydrogens (tertiary/aromatic N) is 3. The third kappa shape index (κ3) is 2.50. The van der Waals surface area contributed by atoms with Gasteiger partial charge in [0.15, 0.2) is 5.69 Å². The van der Waals surface area contributed by atoms with Crippen LogP contribution in [0.1, 0.15) is 17.4 Å². The van der Waals surface area contributed by atoms with Crippen molar-refractivity contribution in [2.24, 2.45) is 0 Å². The quantitative estimate of drug-likeness (QED) is 0.872. The zero-order valence-electron chi connectivity index (χ0n) is 11.6. The molecule has 0 aliphatic carbocycles. The fraction of sp³-hybridized carbons (Fsp3) is 0.0714. The summed E-state index contributed by atoms with van der Waals surface area (Å²) < 4.78 is 4.95. The molecule has 1 aliphatic rings. The smallest absolute Gasteiger partial charge is 0.422 e. The minimum Gasteiger partial charge on any atom is -0.428 e. The third-order valence-electron chi connectivity index (χ3n) is 3.23. The van der Waals surface area contributed by atoms with Crippen LogP contribution in [0.4, 0.5) is 10.5 Å². The highest BCUT2D eigenvalue weighted by molar-refractivity contribution is 6.38. The van der Waals surface area contributed by atoms with Gasteiger partial charge in [0, 0.05) is 12.4 Å². The molecule has 1 aromatic carbocycles. The zero-order valence-corrected chi connectivity index (χ0v) is 13.1. The first-order valence-corrected chi connectivity index (χ1v) is 7.17. The van der Waals surface area contributed by atoms with Crippen molar-refractivity contribution >= 4 is 40.9 Å². The van der Waals surface area contributed by atoms with Gasteiger partial charge in [-0.15, -0.1) is 0 Å². The fourth-order valence-corrected chi connectivity index (χ4v) is 2.59. The van der Waals surface area contributed by atoms with Crippen LogP contribution in [0, 0.1) is 11.3 Å². The normalized spacial score (nSPS) is 16.9. The standard InChI is InChI=1S/C14H6Cl2N4O4/c15-7-4-9(8(16)3-6(7)5-17)20-13(22)11(24-14(20)23)10-12(21)19-2-1-18-10/h1-4,11H,(H,19,21). The molecule has 1 atom stereocenters. The van der Waals surface area contributed by atoms with Gasteiger partial charge < -0.3 is 9.72 Å². The van der Waals surface area contributed by atoms with Gasteiger partial charge in [-0.1, -0.05) is 23.2 Å². The molecule has 1 saturated heterocycles. The van der Waals surface area contributed by atoms with Crippen LogP contribution < -0.4 is 10.5 Å². The molecule has 8 nitrogen and oxygen atoms in total. The summed E-state index contributed by atoms with van der Waals surface area (Å²) in [6.45, 7) is 0. The lowest BCUT2D eigenvalue weighted by molar-refractivity contribution is -0.122. The Balaban J connectivity index is 2.05. The van der Waals surface area contributed by atoms with Crippen LogP contribution in [0.3, 0.4) is 0 Å². The highest BCUT2D eigenvalue weighted by Crippen LogP contribution is 2.37. The number of hydrogen-bond donors (Lipinski definition) is 1. The van der Waals surface area contributed by atoms with Crippen molar-refractivity contribution in [2.45, 2.75) is 6.10 Å². The Kier molecular flexibility index (Phi) is 3.97. The Bertz CT molecular complexity index is 966. The van der Waals surface area contributed by atoms with Crippen LogP contribution in [-0.4, -0.2) is 22.0 Å². The molecule has 2 aromatic rings. The summed E-state index contributed by atoms with van der Waals surface area (Å²) in [4.78, 5) is 43.1. The van der Waals surface area contributed by atoms with E-state index in [9.17, 15) is 14.4 Å². The molecule has 0 saturated carbocycles. The number of hydrogen-bond acceptors (Lipinski definition) is 6. The second-order valence-corrected chi connectivity index (χ2v) is 5.45. The number of halogens is 2. The van der Waals surface area contributed by atoms with E-state index in [1.165, 1.54) is 24.5 Å². The highest BCUT2D eigenvalue weighted by Gasteiger charge is 2.45. The average Bonchev–Trinajstić information content (AvgIpc) is 2.84. The van der Waals surface area contributed by atoms with E-state index in [4.69, 9.17) is 33.2 Å². The molecule has 10 heteroatoms. The van der Waals surface area contributed by atoms with E-state index in [0.29, 0.717) is 4.90 Å². The Morgan fingerprint density at radius 1 is 1.25 bits per heavy atom. The number of benzene rings is 1. The summed E-state index contributed by atoms with van der Waals surface area (Å²) in [5.74, 6) is -0.841. The Morgan fingerprint density at radius 3 is 2.67 bits per heavy atom. The largest absolute Gasteiger partial charge is 0.428 e. The van der Waals surface area contributed by atoms with Crippen LogP contribution in [-0.2, 0) is 9.53 Å². The first-order valence-electron chi connectivity index (χ1n) is 6.41. The number of aromatic amines is 1. The maximum absolute atomic E-state index is 12.5. The van der Waals surface area contributed by atoms with E-state index in [1.54, 1.807) is 0 Å². The number of aromatic nitrogens is 2. The lowest BCUT2D eigenvalue weighted by atomic mass is 10.2. The number of nitriles is 1. The molecule has 0 bridgehead atoms. The topological polar surface area (TPSA) is 116 Å². The molecule has 0 spiro atoms. The van der Waals surface area contributed by atoms with E-state index in [0.717, 1.165) is 0 Å². The summed E-state index contributed by atoms with van der Waals surface area (Å²) in [6, 6.07) is 4.25. The van der Waals surface area contributed by atoms with Crippen LogP contribution in [0.5, 0.6) is 0 Å². The predicted molar refractivity (Wildman–Crippen MR) is 82.7 cm³/mol. The number of ether oxygens (including phenoxy) is 1. The van der Waals surface area contributed by atoms with Crippen molar-refractivity contribution in [1.82, 2.24) is 9.97 Å². The molecule has 24 heavy (non-hydrogen) atoms. The maximum Gasteiger partial charge on any atom is 0.422 e. The van der Waals surface area contributed by atoms with Gasteiger partial charge in [-0.25, -0.2) is 14.7 Å². The molecular formula is C14H6Cl2N4O4.